The van der Waals surface area contributed by atoms with Gasteiger partial charge in [0, 0.05) is 13.1 Å². The Balaban J connectivity index is 1.46. The summed E-state index contributed by atoms with van der Waals surface area (Å²) in [6.07, 6.45) is 6.58. The lowest BCUT2D eigenvalue weighted by atomic mass is 9.95. The first kappa shape index (κ1) is 15.3. The summed E-state index contributed by atoms with van der Waals surface area (Å²) >= 11 is 0. The summed E-state index contributed by atoms with van der Waals surface area (Å²) in [4.78, 5) is 14.6. The highest BCUT2D eigenvalue weighted by Gasteiger charge is 2.44. The average Bonchev–Trinajstić information content (AvgIpc) is 3.01. The van der Waals surface area contributed by atoms with Crippen LogP contribution in [0.5, 0.6) is 0 Å². The molecule has 1 aromatic rings. The summed E-state index contributed by atoms with van der Waals surface area (Å²) in [7, 11) is 0. The van der Waals surface area contributed by atoms with E-state index in [-0.39, 0.29) is 11.6 Å². The number of nitrogens with one attached hydrogen (secondary N) is 1. The molecule has 0 atom stereocenters. The highest BCUT2D eigenvalue weighted by atomic mass is 16.5. The molecule has 1 saturated carbocycles. The molecular weight excluding hydrogens is 276 g/mol. The molecule has 3 rings (SSSR count). The third kappa shape index (κ3) is 3.43. The van der Waals surface area contributed by atoms with Gasteiger partial charge in [-0.25, -0.2) is 4.79 Å². The molecule has 22 heavy (non-hydrogen) atoms. The zero-order valence-electron chi connectivity index (χ0n) is 13.2. The molecule has 1 aliphatic carbocycles. The minimum Gasteiger partial charge on any atom is -0.377 e. The van der Waals surface area contributed by atoms with Crippen molar-refractivity contribution < 1.29 is 9.53 Å². The Morgan fingerprint density at radius 2 is 2.00 bits per heavy atom. The van der Waals surface area contributed by atoms with E-state index in [2.05, 4.69) is 29.6 Å². The van der Waals surface area contributed by atoms with Crippen LogP contribution in [0.3, 0.4) is 0 Å². The topological polar surface area (TPSA) is 41.6 Å². The summed E-state index contributed by atoms with van der Waals surface area (Å²) in [6.45, 7) is 2.84. The lowest BCUT2D eigenvalue weighted by Crippen LogP contribution is -2.60. The number of hydrogen-bond donors (Lipinski definition) is 1. The fraction of sp³-hybridized carbons (Fsp3) is 0.611. The number of morpholine rings is 1. The number of hydrogen-bond acceptors (Lipinski definition) is 2. The van der Waals surface area contributed by atoms with Gasteiger partial charge in [0.25, 0.3) is 0 Å². The highest BCUT2D eigenvalue weighted by molar-refractivity contribution is 5.75. The Morgan fingerprint density at radius 3 is 2.77 bits per heavy atom. The molecule has 1 aliphatic heterocycles. The van der Waals surface area contributed by atoms with E-state index in [9.17, 15) is 4.79 Å². The maximum atomic E-state index is 12.5. The van der Waals surface area contributed by atoms with Crippen LogP contribution >= 0.6 is 0 Å². The molecule has 1 heterocycles. The second-order valence-electron chi connectivity index (χ2n) is 6.46. The first-order valence-electron chi connectivity index (χ1n) is 8.47. The Labute approximate surface area is 132 Å². The van der Waals surface area contributed by atoms with E-state index in [1.165, 1.54) is 18.4 Å². The van der Waals surface area contributed by atoms with Gasteiger partial charge >= 0.3 is 6.03 Å². The van der Waals surface area contributed by atoms with Crippen molar-refractivity contribution in [2.45, 2.75) is 44.1 Å². The predicted molar refractivity (Wildman–Crippen MR) is 86.9 cm³/mol. The van der Waals surface area contributed by atoms with Crippen LogP contribution < -0.4 is 5.32 Å². The van der Waals surface area contributed by atoms with Gasteiger partial charge in [0.2, 0.25) is 0 Å². The molecule has 0 aromatic heterocycles. The third-order valence-corrected chi connectivity index (χ3v) is 4.94. The standard InChI is InChI=1S/C18H26N2O2/c21-17(19-12-6-9-16-7-2-1-3-8-16)20-13-14-22-15-18(20)10-4-5-11-18/h1-3,7-8H,4-6,9-15H2,(H,19,21). The molecule has 120 valence electrons. The van der Waals surface area contributed by atoms with Crippen LogP contribution in [0.15, 0.2) is 30.3 Å². The van der Waals surface area contributed by atoms with Gasteiger partial charge in [-0.05, 0) is 31.2 Å². The molecule has 1 N–H and O–H groups in total. The number of nitrogens with zero attached hydrogens (tertiary/aromatic N) is 1. The molecule has 4 heteroatoms. The minimum absolute atomic E-state index is 0.0260. The third-order valence-electron chi connectivity index (χ3n) is 4.94. The van der Waals surface area contributed by atoms with E-state index in [0.29, 0.717) is 13.2 Å². The molecule has 0 radical (unpaired) electrons. The molecule has 0 bridgehead atoms. The summed E-state index contributed by atoms with van der Waals surface area (Å²) in [5, 5.41) is 3.11. The van der Waals surface area contributed by atoms with Crippen LogP contribution in [0.25, 0.3) is 0 Å². The highest BCUT2D eigenvalue weighted by Crippen LogP contribution is 2.37. The first-order chi connectivity index (χ1) is 10.8. The molecule has 2 aliphatic rings. The van der Waals surface area contributed by atoms with Gasteiger partial charge in [-0.1, -0.05) is 43.2 Å². The fourth-order valence-corrected chi connectivity index (χ4v) is 3.73. The van der Waals surface area contributed by atoms with Crippen LogP contribution in [0.2, 0.25) is 0 Å². The normalized spacial score (nSPS) is 20.3. The number of rotatable bonds is 4. The van der Waals surface area contributed by atoms with Gasteiger partial charge in [0.15, 0.2) is 0 Å². The zero-order valence-corrected chi connectivity index (χ0v) is 13.2. The van der Waals surface area contributed by atoms with Gasteiger partial charge in [0.1, 0.15) is 0 Å². The number of carbonyl (C=O) groups is 1. The fourth-order valence-electron chi connectivity index (χ4n) is 3.73. The summed E-state index contributed by atoms with van der Waals surface area (Å²) < 4.78 is 5.65. The van der Waals surface area contributed by atoms with Gasteiger partial charge < -0.3 is 15.0 Å². The van der Waals surface area contributed by atoms with Crippen molar-refractivity contribution in [3.8, 4) is 0 Å². The van der Waals surface area contributed by atoms with E-state index in [1.807, 2.05) is 11.0 Å². The number of carbonyl (C=O) groups excluding carboxylic acids is 1. The number of aryl methyl sites for hydroxylation is 1. The predicted octanol–water partition coefficient (Wildman–Crippen LogP) is 2.97. The largest absolute Gasteiger partial charge is 0.377 e. The van der Waals surface area contributed by atoms with Crippen molar-refractivity contribution in [2.75, 3.05) is 26.3 Å². The lowest BCUT2D eigenvalue weighted by Gasteiger charge is -2.44. The van der Waals surface area contributed by atoms with Crippen LogP contribution in [0.1, 0.15) is 37.7 Å². The molecule has 1 aromatic carbocycles. The van der Waals surface area contributed by atoms with Crippen molar-refractivity contribution in [1.29, 1.82) is 0 Å². The second-order valence-corrected chi connectivity index (χ2v) is 6.46. The average molecular weight is 302 g/mol. The number of ether oxygens (including phenoxy) is 1. The lowest BCUT2D eigenvalue weighted by molar-refractivity contribution is -0.0422. The van der Waals surface area contributed by atoms with Crippen molar-refractivity contribution >= 4 is 6.03 Å². The quantitative estimate of drug-likeness (QED) is 0.869. The van der Waals surface area contributed by atoms with Crippen molar-refractivity contribution in [1.82, 2.24) is 10.2 Å². The van der Waals surface area contributed by atoms with Gasteiger partial charge in [-0.2, -0.15) is 0 Å². The van der Waals surface area contributed by atoms with Crippen LogP contribution in [-0.2, 0) is 11.2 Å². The minimum atomic E-state index is -0.0260. The molecule has 2 fully saturated rings. The summed E-state index contributed by atoms with van der Waals surface area (Å²) in [6, 6.07) is 10.5. The summed E-state index contributed by atoms with van der Waals surface area (Å²) in [5.74, 6) is 0. The molecular formula is C18H26N2O2. The van der Waals surface area contributed by atoms with Crippen molar-refractivity contribution in [2.24, 2.45) is 0 Å². The maximum absolute atomic E-state index is 12.5. The number of urea groups is 1. The Kier molecular flexibility index (Phi) is 4.98. The van der Waals surface area contributed by atoms with E-state index in [1.54, 1.807) is 0 Å². The smallest absolute Gasteiger partial charge is 0.318 e. The van der Waals surface area contributed by atoms with E-state index < -0.39 is 0 Å². The Morgan fingerprint density at radius 1 is 1.23 bits per heavy atom. The van der Waals surface area contributed by atoms with E-state index >= 15 is 0 Å². The Bertz CT molecular complexity index is 483. The Hall–Kier alpha value is -1.55. The van der Waals surface area contributed by atoms with Gasteiger partial charge in [-0.3, -0.25) is 0 Å². The van der Waals surface area contributed by atoms with Crippen molar-refractivity contribution in [3.63, 3.8) is 0 Å². The molecule has 1 saturated heterocycles. The van der Waals surface area contributed by atoms with Crippen molar-refractivity contribution in [3.05, 3.63) is 35.9 Å². The monoisotopic (exact) mass is 302 g/mol. The molecule has 4 nitrogen and oxygen atoms in total. The first-order valence-corrected chi connectivity index (χ1v) is 8.47. The van der Waals surface area contributed by atoms with E-state index in [4.69, 9.17) is 4.74 Å². The van der Waals surface area contributed by atoms with Gasteiger partial charge in [0.05, 0.1) is 18.8 Å². The van der Waals surface area contributed by atoms with Crippen LogP contribution in [-0.4, -0.2) is 42.8 Å². The molecule has 0 unspecified atom stereocenters. The van der Waals surface area contributed by atoms with Crippen LogP contribution in [0, 0.1) is 0 Å². The van der Waals surface area contributed by atoms with E-state index in [0.717, 1.165) is 38.8 Å². The maximum Gasteiger partial charge on any atom is 0.318 e. The molecule has 1 spiro atoms. The zero-order chi connectivity index (χ0) is 15.3. The molecule has 2 amide bonds. The number of amides is 2. The van der Waals surface area contributed by atoms with Gasteiger partial charge in [-0.15, -0.1) is 0 Å². The summed E-state index contributed by atoms with van der Waals surface area (Å²) in [5.41, 5.74) is 1.30. The SMILES string of the molecule is O=C(NCCCc1ccccc1)N1CCOCC12CCCC2. The second kappa shape index (κ2) is 7.14. The number of benzene rings is 1. The van der Waals surface area contributed by atoms with Crippen LogP contribution in [0.4, 0.5) is 4.79 Å².